The Bertz CT molecular complexity index is 663. The quantitative estimate of drug-likeness (QED) is 0.794. The van der Waals surface area contributed by atoms with E-state index in [1.165, 1.54) is 24.3 Å². The molecule has 1 unspecified atom stereocenters. The average Bonchev–Trinajstić information content (AvgIpc) is 2.42. The Hall–Kier alpha value is -2.18. The van der Waals surface area contributed by atoms with E-state index in [4.69, 9.17) is 16.9 Å². The highest BCUT2D eigenvalue weighted by Crippen LogP contribution is 2.26. The highest BCUT2D eigenvalue weighted by atomic mass is 35.5. The van der Waals surface area contributed by atoms with Gasteiger partial charge in [-0.1, -0.05) is 41.9 Å². The molecule has 4 heteroatoms. The predicted molar refractivity (Wildman–Crippen MR) is 70.5 cm³/mol. The van der Waals surface area contributed by atoms with E-state index in [-0.39, 0.29) is 16.1 Å². The first kappa shape index (κ1) is 13.3. The summed E-state index contributed by atoms with van der Waals surface area (Å²) in [5.41, 5.74) is 0.286. The van der Waals surface area contributed by atoms with Crippen molar-refractivity contribution >= 4 is 17.4 Å². The summed E-state index contributed by atoms with van der Waals surface area (Å²) in [6, 6.07) is 14.0. The second-order valence-corrected chi connectivity index (χ2v) is 4.33. The molecule has 2 aromatic carbocycles. The number of ketones is 1. The van der Waals surface area contributed by atoms with E-state index < -0.39 is 17.5 Å². The third kappa shape index (κ3) is 2.64. The van der Waals surface area contributed by atoms with Gasteiger partial charge in [0.15, 0.2) is 5.78 Å². The van der Waals surface area contributed by atoms with Gasteiger partial charge in [-0.2, -0.15) is 5.26 Å². The van der Waals surface area contributed by atoms with Crippen molar-refractivity contribution in [2.24, 2.45) is 0 Å². The van der Waals surface area contributed by atoms with Crippen molar-refractivity contribution in [2.75, 3.05) is 0 Å². The molecule has 0 amide bonds. The zero-order chi connectivity index (χ0) is 13.8. The summed E-state index contributed by atoms with van der Waals surface area (Å²) in [4.78, 5) is 12.3. The van der Waals surface area contributed by atoms with Gasteiger partial charge in [0, 0.05) is 11.1 Å². The molecule has 0 aliphatic rings. The molecule has 0 aliphatic carbocycles. The fraction of sp³-hybridized carbons (Fsp3) is 0.0667. The Balaban J connectivity index is 2.45. The fourth-order valence-corrected chi connectivity index (χ4v) is 2.02. The number of nitrogens with zero attached hydrogens (tertiary/aromatic N) is 1. The first-order valence-corrected chi connectivity index (χ1v) is 5.95. The highest BCUT2D eigenvalue weighted by Gasteiger charge is 2.25. The third-order valence-electron chi connectivity index (χ3n) is 2.75. The van der Waals surface area contributed by atoms with Crippen molar-refractivity contribution in [3.63, 3.8) is 0 Å². The van der Waals surface area contributed by atoms with Gasteiger partial charge in [-0.05, 0) is 18.2 Å². The summed E-state index contributed by atoms with van der Waals surface area (Å²) in [5.74, 6) is -2.27. The van der Waals surface area contributed by atoms with E-state index in [2.05, 4.69) is 0 Å². The van der Waals surface area contributed by atoms with Crippen LogP contribution in [0.2, 0.25) is 5.02 Å². The van der Waals surface area contributed by atoms with Crippen molar-refractivity contribution in [3.05, 3.63) is 70.5 Å². The van der Waals surface area contributed by atoms with E-state index >= 15 is 0 Å². The van der Waals surface area contributed by atoms with Crippen LogP contribution < -0.4 is 0 Å². The number of halogens is 2. The summed E-state index contributed by atoms with van der Waals surface area (Å²) in [7, 11) is 0. The molecular formula is C15H9ClFNO. The molecule has 0 bridgehead atoms. The van der Waals surface area contributed by atoms with Crippen LogP contribution in [0.25, 0.3) is 0 Å². The van der Waals surface area contributed by atoms with Crippen molar-refractivity contribution in [2.45, 2.75) is 5.92 Å². The van der Waals surface area contributed by atoms with Crippen molar-refractivity contribution in [1.82, 2.24) is 0 Å². The van der Waals surface area contributed by atoms with Crippen molar-refractivity contribution < 1.29 is 9.18 Å². The Morgan fingerprint density at radius 3 is 2.42 bits per heavy atom. The van der Waals surface area contributed by atoms with Crippen LogP contribution in [0, 0.1) is 17.1 Å². The van der Waals surface area contributed by atoms with E-state index in [0.717, 1.165) is 0 Å². The van der Waals surface area contributed by atoms with Crippen LogP contribution in [0.4, 0.5) is 4.39 Å². The number of hydrogen-bond acceptors (Lipinski definition) is 2. The SMILES string of the molecule is N#CC(C(=O)c1ccccc1Cl)c1ccccc1F. The molecular weight excluding hydrogens is 265 g/mol. The lowest BCUT2D eigenvalue weighted by Crippen LogP contribution is -2.13. The van der Waals surface area contributed by atoms with Crippen LogP contribution in [0.1, 0.15) is 21.8 Å². The summed E-state index contributed by atoms with van der Waals surface area (Å²) in [5, 5.41) is 9.40. The number of Topliss-reactive ketones (excluding diaryl/α,β-unsaturated/α-hetero) is 1. The lowest BCUT2D eigenvalue weighted by atomic mass is 9.91. The largest absolute Gasteiger partial charge is 0.292 e. The second-order valence-electron chi connectivity index (χ2n) is 3.93. The van der Waals surface area contributed by atoms with Gasteiger partial charge in [-0.3, -0.25) is 4.79 Å². The van der Waals surface area contributed by atoms with Gasteiger partial charge in [0.25, 0.3) is 0 Å². The Labute approximate surface area is 115 Å². The molecule has 0 heterocycles. The fourth-order valence-electron chi connectivity index (χ4n) is 1.80. The van der Waals surface area contributed by atoms with Crippen LogP contribution in [0.3, 0.4) is 0 Å². The average molecular weight is 274 g/mol. The number of hydrogen-bond donors (Lipinski definition) is 0. The standard InChI is InChI=1S/C15H9ClFNO/c16-13-7-3-1-6-11(13)15(19)12(9-18)10-5-2-4-8-14(10)17/h1-8,12H. The van der Waals surface area contributed by atoms with E-state index in [9.17, 15) is 9.18 Å². The maximum absolute atomic E-state index is 13.7. The van der Waals surface area contributed by atoms with Gasteiger partial charge >= 0.3 is 0 Å². The van der Waals surface area contributed by atoms with Crippen LogP contribution in [0.5, 0.6) is 0 Å². The number of rotatable bonds is 3. The highest BCUT2D eigenvalue weighted by molar-refractivity contribution is 6.34. The van der Waals surface area contributed by atoms with Crippen molar-refractivity contribution in [3.8, 4) is 6.07 Å². The smallest absolute Gasteiger partial charge is 0.186 e. The minimum absolute atomic E-state index is 0.0647. The molecule has 0 spiro atoms. The lowest BCUT2D eigenvalue weighted by Gasteiger charge is -2.10. The molecule has 0 aromatic heterocycles. The van der Waals surface area contributed by atoms with Crippen LogP contribution >= 0.6 is 11.6 Å². The van der Waals surface area contributed by atoms with Gasteiger partial charge in [-0.25, -0.2) is 4.39 Å². The zero-order valence-corrected chi connectivity index (χ0v) is 10.6. The molecule has 0 fully saturated rings. The molecule has 0 saturated carbocycles. The summed E-state index contributed by atoms with van der Waals surface area (Å²) >= 11 is 5.92. The van der Waals surface area contributed by atoms with E-state index in [1.807, 2.05) is 6.07 Å². The number of benzene rings is 2. The molecule has 0 aliphatic heterocycles. The second kappa shape index (κ2) is 5.64. The molecule has 1 atom stereocenters. The van der Waals surface area contributed by atoms with E-state index in [0.29, 0.717) is 0 Å². The molecule has 19 heavy (non-hydrogen) atoms. The first-order valence-electron chi connectivity index (χ1n) is 5.58. The lowest BCUT2D eigenvalue weighted by molar-refractivity contribution is 0.0977. The molecule has 0 radical (unpaired) electrons. The summed E-state index contributed by atoms with van der Waals surface area (Å²) < 4.78 is 13.7. The summed E-state index contributed by atoms with van der Waals surface area (Å²) in [6.45, 7) is 0. The Morgan fingerprint density at radius 1 is 1.16 bits per heavy atom. The normalized spacial score (nSPS) is 11.6. The maximum atomic E-state index is 13.7. The predicted octanol–water partition coefficient (Wildman–Crippen LogP) is 3.97. The van der Waals surface area contributed by atoms with Crippen LogP contribution in [-0.4, -0.2) is 5.78 Å². The zero-order valence-electron chi connectivity index (χ0n) is 9.81. The van der Waals surface area contributed by atoms with Crippen LogP contribution in [-0.2, 0) is 0 Å². The molecule has 94 valence electrons. The van der Waals surface area contributed by atoms with Gasteiger partial charge in [0.05, 0.1) is 11.1 Å². The molecule has 2 rings (SSSR count). The van der Waals surface area contributed by atoms with E-state index in [1.54, 1.807) is 24.3 Å². The van der Waals surface area contributed by atoms with Gasteiger partial charge in [0.2, 0.25) is 0 Å². The third-order valence-corrected chi connectivity index (χ3v) is 3.08. The van der Waals surface area contributed by atoms with Gasteiger partial charge in [-0.15, -0.1) is 0 Å². The minimum atomic E-state index is -1.19. The van der Waals surface area contributed by atoms with Gasteiger partial charge in [0.1, 0.15) is 11.7 Å². The number of carbonyl (C=O) groups is 1. The monoisotopic (exact) mass is 273 g/mol. The summed E-state index contributed by atoms with van der Waals surface area (Å²) in [6.07, 6.45) is 0. The topological polar surface area (TPSA) is 40.9 Å². The Kier molecular flexibility index (Phi) is 3.94. The number of nitriles is 1. The molecule has 2 aromatic rings. The van der Waals surface area contributed by atoms with Crippen LogP contribution in [0.15, 0.2) is 48.5 Å². The minimum Gasteiger partial charge on any atom is -0.292 e. The first-order chi connectivity index (χ1) is 9.15. The Morgan fingerprint density at radius 2 is 1.79 bits per heavy atom. The molecule has 0 N–H and O–H groups in total. The maximum Gasteiger partial charge on any atom is 0.186 e. The number of carbonyl (C=O) groups excluding carboxylic acids is 1. The van der Waals surface area contributed by atoms with Crippen molar-refractivity contribution in [1.29, 1.82) is 5.26 Å². The molecule has 2 nitrogen and oxygen atoms in total. The van der Waals surface area contributed by atoms with Gasteiger partial charge < -0.3 is 0 Å². The molecule has 0 saturated heterocycles.